The van der Waals surface area contributed by atoms with Gasteiger partial charge in [-0.2, -0.15) is 0 Å². The minimum absolute atomic E-state index is 0.243. The number of carbonyl (C=O) groups is 1. The zero-order chi connectivity index (χ0) is 10.3. The van der Waals surface area contributed by atoms with Gasteiger partial charge in [0.05, 0.1) is 20.6 Å². The Kier molecular flexibility index (Phi) is 2.25. The first-order valence-corrected chi connectivity index (χ1v) is 4.95. The lowest BCUT2D eigenvalue weighted by Gasteiger charge is -1.98. The average Bonchev–Trinajstić information content (AvgIpc) is 2.56. The third-order valence-corrected chi connectivity index (χ3v) is 3.29. The summed E-state index contributed by atoms with van der Waals surface area (Å²) in [5.41, 5.74) is 0.989. The monoisotopic (exact) mass is 273 g/mol. The second-order valence-electron chi connectivity index (χ2n) is 2.80. The van der Waals surface area contributed by atoms with Crippen LogP contribution >= 0.6 is 27.5 Å². The summed E-state index contributed by atoms with van der Waals surface area (Å²) in [5, 5.41) is 9.35. The van der Waals surface area contributed by atoms with Crippen molar-refractivity contribution in [1.29, 1.82) is 0 Å². The molecule has 2 rings (SSSR count). The number of hydrogen-bond donors (Lipinski definition) is 1. The topological polar surface area (TPSA) is 41.7 Å². The highest BCUT2D eigenvalue weighted by molar-refractivity contribution is 9.10. The molecule has 0 aromatic carbocycles. The van der Waals surface area contributed by atoms with E-state index in [1.54, 1.807) is 28.9 Å². The van der Waals surface area contributed by atoms with Gasteiger partial charge < -0.3 is 9.51 Å². The number of nitrogens with zero attached hydrogens (tertiary/aromatic N) is 1. The third-order valence-electron chi connectivity index (χ3n) is 1.91. The molecular formula is C9H5BrClNO2. The number of fused-ring (bicyclic) bond motifs is 1. The number of carboxylic acid groups (broad SMARTS) is 1. The van der Waals surface area contributed by atoms with Crippen LogP contribution in [0.3, 0.4) is 0 Å². The second kappa shape index (κ2) is 3.29. The fourth-order valence-corrected chi connectivity index (χ4v) is 1.84. The lowest BCUT2D eigenvalue weighted by molar-refractivity contribution is 0.0697. The Bertz CT molecular complexity index is 521. The maximum absolute atomic E-state index is 10.7. The van der Waals surface area contributed by atoms with Gasteiger partial charge in [0.15, 0.2) is 0 Å². The molecule has 0 saturated heterocycles. The van der Waals surface area contributed by atoms with Gasteiger partial charge in [0.1, 0.15) is 0 Å². The average molecular weight is 275 g/mol. The van der Waals surface area contributed by atoms with E-state index in [4.69, 9.17) is 16.7 Å². The van der Waals surface area contributed by atoms with Gasteiger partial charge in [0.25, 0.3) is 0 Å². The van der Waals surface area contributed by atoms with Crippen LogP contribution in [0.25, 0.3) is 5.52 Å². The summed E-state index contributed by atoms with van der Waals surface area (Å²) in [6.07, 6.45) is 3.26. The van der Waals surface area contributed by atoms with Crippen LogP contribution in [-0.4, -0.2) is 15.5 Å². The summed E-state index contributed by atoms with van der Waals surface area (Å²) in [5.74, 6) is -0.947. The van der Waals surface area contributed by atoms with E-state index >= 15 is 0 Å². The van der Waals surface area contributed by atoms with Gasteiger partial charge in [-0.25, -0.2) is 4.79 Å². The molecule has 0 saturated carbocycles. The normalized spacial score (nSPS) is 10.7. The van der Waals surface area contributed by atoms with E-state index in [0.717, 1.165) is 5.52 Å². The quantitative estimate of drug-likeness (QED) is 0.868. The van der Waals surface area contributed by atoms with Crippen molar-refractivity contribution in [3.63, 3.8) is 0 Å². The first-order valence-electron chi connectivity index (χ1n) is 3.78. The zero-order valence-electron chi connectivity index (χ0n) is 6.87. The third kappa shape index (κ3) is 1.40. The van der Waals surface area contributed by atoms with Crippen LogP contribution in [-0.2, 0) is 0 Å². The fraction of sp³-hybridized carbons (Fsp3) is 0. The molecular weight excluding hydrogens is 269 g/mol. The van der Waals surface area contributed by atoms with E-state index in [0.29, 0.717) is 9.50 Å². The van der Waals surface area contributed by atoms with Crippen molar-refractivity contribution in [2.75, 3.05) is 0 Å². The van der Waals surface area contributed by atoms with Crippen LogP contribution in [0.1, 0.15) is 10.4 Å². The Balaban J connectivity index is 2.77. The maximum atomic E-state index is 10.7. The summed E-state index contributed by atoms with van der Waals surface area (Å²) in [6, 6.07) is 3.27. The SMILES string of the molecule is O=C(O)c1cc2c(Br)c(Cl)ccn2c1. The predicted molar refractivity (Wildman–Crippen MR) is 57.1 cm³/mol. The van der Waals surface area contributed by atoms with Gasteiger partial charge in [-0.15, -0.1) is 0 Å². The molecule has 3 nitrogen and oxygen atoms in total. The second-order valence-corrected chi connectivity index (χ2v) is 4.00. The minimum Gasteiger partial charge on any atom is -0.478 e. The van der Waals surface area contributed by atoms with Crippen molar-refractivity contribution in [3.05, 3.63) is 39.6 Å². The van der Waals surface area contributed by atoms with Gasteiger partial charge >= 0.3 is 5.97 Å². The number of aromatic carboxylic acids is 1. The Morgan fingerprint density at radius 2 is 2.29 bits per heavy atom. The van der Waals surface area contributed by atoms with Gasteiger partial charge in [-0.1, -0.05) is 11.6 Å². The molecule has 0 amide bonds. The van der Waals surface area contributed by atoms with Gasteiger partial charge in [-0.05, 0) is 28.1 Å². The molecule has 0 aliphatic carbocycles. The van der Waals surface area contributed by atoms with Crippen molar-refractivity contribution < 1.29 is 9.90 Å². The number of carboxylic acids is 1. The number of hydrogen-bond acceptors (Lipinski definition) is 1. The van der Waals surface area contributed by atoms with Crippen LogP contribution in [0.15, 0.2) is 29.0 Å². The summed E-state index contributed by atoms with van der Waals surface area (Å²) in [6.45, 7) is 0. The van der Waals surface area contributed by atoms with Crippen LogP contribution < -0.4 is 0 Å². The molecule has 14 heavy (non-hydrogen) atoms. The Labute approximate surface area is 93.0 Å². The van der Waals surface area contributed by atoms with E-state index in [9.17, 15) is 4.79 Å². The molecule has 1 N–H and O–H groups in total. The molecule has 0 spiro atoms. The van der Waals surface area contributed by atoms with E-state index in [2.05, 4.69) is 15.9 Å². The van der Waals surface area contributed by atoms with Crippen molar-refractivity contribution in [1.82, 2.24) is 4.40 Å². The van der Waals surface area contributed by atoms with E-state index in [1.807, 2.05) is 0 Å². The molecule has 0 radical (unpaired) electrons. The molecule has 5 heteroatoms. The van der Waals surface area contributed by atoms with Crippen molar-refractivity contribution in [3.8, 4) is 0 Å². The summed E-state index contributed by atoms with van der Waals surface area (Å²) < 4.78 is 2.41. The van der Waals surface area contributed by atoms with Crippen molar-refractivity contribution >= 4 is 39.0 Å². The zero-order valence-corrected chi connectivity index (χ0v) is 9.21. The molecule has 2 aromatic rings. The highest BCUT2D eigenvalue weighted by Gasteiger charge is 2.09. The highest BCUT2D eigenvalue weighted by Crippen LogP contribution is 2.28. The first-order chi connectivity index (χ1) is 6.59. The summed E-state index contributed by atoms with van der Waals surface area (Å²) in [7, 11) is 0. The smallest absolute Gasteiger partial charge is 0.337 e. The molecule has 0 fully saturated rings. The van der Waals surface area contributed by atoms with E-state index < -0.39 is 5.97 Å². The van der Waals surface area contributed by atoms with Crippen LogP contribution in [0, 0.1) is 0 Å². The lowest BCUT2D eigenvalue weighted by Crippen LogP contribution is -1.91. The molecule has 0 aliphatic heterocycles. The summed E-state index contributed by atoms with van der Waals surface area (Å²) in [4.78, 5) is 10.7. The maximum Gasteiger partial charge on any atom is 0.337 e. The molecule has 0 unspecified atom stereocenters. The summed E-state index contributed by atoms with van der Waals surface area (Å²) >= 11 is 9.17. The number of aromatic nitrogens is 1. The predicted octanol–water partition coefficient (Wildman–Crippen LogP) is 3.05. The first kappa shape index (κ1) is 9.55. The molecule has 0 atom stereocenters. The van der Waals surface area contributed by atoms with Gasteiger partial charge in [0.2, 0.25) is 0 Å². The Hall–Kier alpha value is -1.00. The lowest BCUT2D eigenvalue weighted by atomic mass is 10.3. The molecule has 0 aliphatic rings. The van der Waals surface area contributed by atoms with Gasteiger partial charge in [-0.3, -0.25) is 0 Å². The fourth-order valence-electron chi connectivity index (χ4n) is 1.24. The molecule has 2 aromatic heterocycles. The van der Waals surface area contributed by atoms with Crippen molar-refractivity contribution in [2.45, 2.75) is 0 Å². The molecule has 2 heterocycles. The number of pyridine rings is 1. The number of halogens is 2. The molecule has 0 bridgehead atoms. The molecule has 72 valence electrons. The van der Waals surface area contributed by atoms with Crippen LogP contribution in [0.4, 0.5) is 0 Å². The van der Waals surface area contributed by atoms with Crippen LogP contribution in [0.5, 0.6) is 0 Å². The number of rotatable bonds is 1. The van der Waals surface area contributed by atoms with Crippen molar-refractivity contribution in [2.24, 2.45) is 0 Å². The standard InChI is InChI=1S/C9H5BrClNO2/c10-8-6(11)1-2-12-4-5(9(13)14)3-7(8)12/h1-4H,(H,13,14). The van der Waals surface area contributed by atoms with Gasteiger partial charge in [0, 0.05) is 12.4 Å². The minimum atomic E-state index is -0.947. The largest absolute Gasteiger partial charge is 0.478 e. The van der Waals surface area contributed by atoms with Crippen LogP contribution in [0.2, 0.25) is 5.02 Å². The van der Waals surface area contributed by atoms with E-state index in [-0.39, 0.29) is 5.56 Å². The Morgan fingerprint density at radius 3 is 2.93 bits per heavy atom. The highest BCUT2D eigenvalue weighted by atomic mass is 79.9. The van der Waals surface area contributed by atoms with E-state index in [1.165, 1.54) is 0 Å². The Morgan fingerprint density at radius 1 is 1.57 bits per heavy atom.